The second kappa shape index (κ2) is 9.21. The van der Waals surface area contributed by atoms with Gasteiger partial charge in [-0.2, -0.15) is 4.68 Å². The van der Waals surface area contributed by atoms with Gasteiger partial charge >= 0.3 is 0 Å². The predicted octanol–water partition coefficient (Wildman–Crippen LogP) is 3.30. The molecule has 0 saturated carbocycles. The number of benzene rings is 2. The van der Waals surface area contributed by atoms with E-state index in [4.69, 9.17) is 11.1 Å². The standard InChI is InChI=1S/C27H22N10O/c1-16-7-6-8-17-13-18(36(27(38)22(16)17)21-11-4-5-12-30-21)14-31-26-23(24(28)32-15-33-26)25(29)37-20-10-3-2-9-19(20)34-35-37/h2-13,15,29H,14H2,1H3,(H3,28,31,32,33). The summed E-state index contributed by atoms with van der Waals surface area (Å²) in [6, 6.07) is 20.5. The van der Waals surface area contributed by atoms with Gasteiger partial charge in [0.25, 0.3) is 5.56 Å². The molecule has 186 valence electrons. The van der Waals surface area contributed by atoms with Crippen molar-refractivity contribution in [3.63, 3.8) is 0 Å². The van der Waals surface area contributed by atoms with Crippen LogP contribution in [0, 0.1) is 12.3 Å². The summed E-state index contributed by atoms with van der Waals surface area (Å²) in [7, 11) is 0. The molecule has 4 heterocycles. The first-order valence-electron chi connectivity index (χ1n) is 11.8. The van der Waals surface area contributed by atoms with E-state index in [0.717, 1.165) is 10.9 Å². The molecule has 0 spiro atoms. The van der Waals surface area contributed by atoms with Crippen LogP contribution in [0.1, 0.15) is 16.8 Å². The molecule has 11 nitrogen and oxygen atoms in total. The van der Waals surface area contributed by atoms with Crippen LogP contribution >= 0.6 is 0 Å². The summed E-state index contributed by atoms with van der Waals surface area (Å²) in [4.78, 5) is 26.6. The highest BCUT2D eigenvalue weighted by Gasteiger charge is 2.20. The van der Waals surface area contributed by atoms with Gasteiger partial charge in [0.15, 0.2) is 5.84 Å². The molecule has 0 fully saturated rings. The van der Waals surface area contributed by atoms with Gasteiger partial charge in [0, 0.05) is 11.9 Å². The molecule has 38 heavy (non-hydrogen) atoms. The highest BCUT2D eigenvalue weighted by Crippen LogP contribution is 2.23. The van der Waals surface area contributed by atoms with Crippen molar-refractivity contribution >= 4 is 39.3 Å². The molecule has 2 aromatic carbocycles. The smallest absolute Gasteiger partial charge is 0.264 e. The van der Waals surface area contributed by atoms with E-state index < -0.39 is 0 Å². The number of hydrogen-bond donors (Lipinski definition) is 3. The number of nitrogens with two attached hydrogens (primary N) is 1. The van der Waals surface area contributed by atoms with E-state index in [1.54, 1.807) is 22.9 Å². The van der Waals surface area contributed by atoms with Gasteiger partial charge in [0.1, 0.15) is 34.9 Å². The molecule has 0 aliphatic rings. The second-order valence-corrected chi connectivity index (χ2v) is 8.68. The van der Waals surface area contributed by atoms with Crippen LogP contribution in [0.3, 0.4) is 0 Å². The Bertz CT molecular complexity index is 1890. The third-order valence-electron chi connectivity index (χ3n) is 6.32. The highest BCUT2D eigenvalue weighted by molar-refractivity contribution is 6.08. The van der Waals surface area contributed by atoms with Crippen molar-refractivity contribution in [3.05, 3.63) is 106 Å². The summed E-state index contributed by atoms with van der Waals surface area (Å²) in [6.07, 6.45) is 2.97. The average molecular weight is 503 g/mol. The Morgan fingerprint density at radius 3 is 2.71 bits per heavy atom. The Morgan fingerprint density at radius 1 is 1.03 bits per heavy atom. The molecule has 0 atom stereocenters. The maximum Gasteiger partial charge on any atom is 0.264 e. The minimum Gasteiger partial charge on any atom is -0.383 e. The normalized spacial score (nSPS) is 11.2. The molecule has 0 radical (unpaired) electrons. The molecule has 0 amide bonds. The summed E-state index contributed by atoms with van der Waals surface area (Å²) in [5.74, 6) is 0.911. The van der Waals surface area contributed by atoms with Crippen LogP contribution in [0.25, 0.3) is 27.6 Å². The first-order chi connectivity index (χ1) is 18.5. The van der Waals surface area contributed by atoms with E-state index >= 15 is 0 Å². The molecule has 0 aliphatic carbocycles. The summed E-state index contributed by atoms with van der Waals surface area (Å²) < 4.78 is 2.97. The van der Waals surface area contributed by atoms with Gasteiger partial charge in [0.2, 0.25) is 0 Å². The number of nitrogen functional groups attached to an aromatic ring is 1. The Kier molecular flexibility index (Phi) is 5.57. The second-order valence-electron chi connectivity index (χ2n) is 8.68. The number of nitrogens with zero attached hydrogens (tertiary/aromatic N) is 7. The highest BCUT2D eigenvalue weighted by atomic mass is 16.1. The lowest BCUT2D eigenvalue weighted by Crippen LogP contribution is -2.25. The predicted molar refractivity (Wildman–Crippen MR) is 146 cm³/mol. The Labute approximate surface area is 216 Å². The quantitative estimate of drug-likeness (QED) is 0.240. The van der Waals surface area contributed by atoms with Gasteiger partial charge < -0.3 is 11.1 Å². The van der Waals surface area contributed by atoms with Gasteiger partial charge in [-0.05, 0) is 48.2 Å². The number of nitrogens with one attached hydrogen (secondary N) is 2. The van der Waals surface area contributed by atoms with Crippen LogP contribution < -0.4 is 16.6 Å². The maximum absolute atomic E-state index is 13.7. The lowest BCUT2D eigenvalue weighted by molar-refractivity contribution is 0.851. The van der Waals surface area contributed by atoms with Crippen molar-refractivity contribution in [2.24, 2.45) is 0 Å². The number of hydrogen-bond acceptors (Lipinski definition) is 9. The first-order valence-corrected chi connectivity index (χ1v) is 11.8. The van der Waals surface area contributed by atoms with Crippen molar-refractivity contribution in [2.45, 2.75) is 13.5 Å². The number of fused-ring (bicyclic) bond motifs is 2. The fourth-order valence-electron chi connectivity index (χ4n) is 4.54. The number of aryl methyl sites for hydroxylation is 1. The molecule has 6 rings (SSSR count). The zero-order valence-corrected chi connectivity index (χ0v) is 20.3. The van der Waals surface area contributed by atoms with Crippen molar-refractivity contribution in [3.8, 4) is 5.82 Å². The summed E-state index contributed by atoms with van der Waals surface area (Å²) in [5.41, 5.74) is 9.17. The Balaban J connectivity index is 1.44. The minimum atomic E-state index is -0.166. The number of anilines is 2. The van der Waals surface area contributed by atoms with Crippen LogP contribution in [0.5, 0.6) is 0 Å². The van der Waals surface area contributed by atoms with Crippen molar-refractivity contribution < 1.29 is 0 Å². The lowest BCUT2D eigenvalue weighted by Gasteiger charge is -2.17. The summed E-state index contributed by atoms with van der Waals surface area (Å²) >= 11 is 0. The van der Waals surface area contributed by atoms with Crippen LogP contribution in [-0.4, -0.2) is 40.3 Å². The number of pyridine rings is 2. The minimum absolute atomic E-state index is 0.0319. The molecule has 0 bridgehead atoms. The average Bonchev–Trinajstić information content (AvgIpc) is 3.36. The van der Waals surface area contributed by atoms with E-state index in [1.807, 2.05) is 61.5 Å². The van der Waals surface area contributed by atoms with Gasteiger partial charge in [-0.25, -0.2) is 15.0 Å². The van der Waals surface area contributed by atoms with Crippen molar-refractivity contribution in [1.82, 2.24) is 34.5 Å². The molecule has 0 aliphatic heterocycles. The van der Waals surface area contributed by atoms with Gasteiger partial charge in [0.05, 0.1) is 17.4 Å². The van der Waals surface area contributed by atoms with Crippen LogP contribution in [0.2, 0.25) is 0 Å². The molecule has 6 aromatic rings. The lowest BCUT2D eigenvalue weighted by atomic mass is 10.1. The van der Waals surface area contributed by atoms with E-state index in [0.29, 0.717) is 33.7 Å². The Morgan fingerprint density at radius 2 is 1.87 bits per heavy atom. The molecule has 0 unspecified atom stereocenters. The van der Waals surface area contributed by atoms with Crippen molar-refractivity contribution in [2.75, 3.05) is 11.1 Å². The third-order valence-corrected chi connectivity index (χ3v) is 6.32. The third kappa shape index (κ3) is 3.82. The van der Waals surface area contributed by atoms with Crippen LogP contribution in [-0.2, 0) is 6.54 Å². The molecule has 11 heteroatoms. The first kappa shape index (κ1) is 23.0. The summed E-state index contributed by atoms with van der Waals surface area (Å²) in [6.45, 7) is 2.12. The van der Waals surface area contributed by atoms with Gasteiger partial charge in [-0.1, -0.05) is 41.6 Å². The zero-order chi connectivity index (χ0) is 26.2. The van der Waals surface area contributed by atoms with E-state index in [9.17, 15) is 4.79 Å². The largest absolute Gasteiger partial charge is 0.383 e. The van der Waals surface area contributed by atoms with E-state index in [1.165, 1.54) is 11.0 Å². The molecule has 4 N–H and O–H groups in total. The molecular formula is C27H22N10O. The van der Waals surface area contributed by atoms with Crippen LogP contribution in [0.15, 0.2) is 84.0 Å². The van der Waals surface area contributed by atoms with E-state index in [-0.39, 0.29) is 29.3 Å². The number of rotatable bonds is 5. The van der Waals surface area contributed by atoms with Gasteiger partial charge in [-0.15, -0.1) is 5.10 Å². The Hall–Kier alpha value is -5.45. The number of aromatic nitrogens is 7. The molecule has 0 saturated heterocycles. The fourth-order valence-corrected chi connectivity index (χ4v) is 4.54. The van der Waals surface area contributed by atoms with Gasteiger partial charge in [-0.3, -0.25) is 14.8 Å². The van der Waals surface area contributed by atoms with Crippen LogP contribution in [0.4, 0.5) is 11.6 Å². The maximum atomic E-state index is 13.7. The summed E-state index contributed by atoms with van der Waals surface area (Å²) in [5, 5.41) is 21.8. The zero-order valence-electron chi connectivity index (χ0n) is 20.3. The van der Waals surface area contributed by atoms with E-state index in [2.05, 4.69) is 30.6 Å². The molecule has 4 aromatic heterocycles. The molecular weight excluding hydrogens is 480 g/mol. The topological polar surface area (TPSA) is 153 Å². The SMILES string of the molecule is Cc1cccc2cc(CNc3ncnc(N)c3C(=N)n3nnc4ccccc43)n(-c3ccccn3)c(=O)c12. The monoisotopic (exact) mass is 502 g/mol. The number of para-hydroxylation sites is 1. The van der Waals surface area contributed by atoms with Crippen molar-refractivity contribution in [1.29, 1.82) is 5.41 Å². The fraction of sp³-hybridized carbons (Fsp3) is 0.0741.